The third kappa shape index (κ3) is 2.74. The van der Waals surface area contributed by atoms with Gasteiger partial charge in [0.25, 0.3) is 0 Å². The zero-order valence-corrected chi connectivity index (χ0v) is 8.19. The van der Waals surface area contributed by atoms with Gasteiger partial charge in [0.1, 0.15) is 5.75 Å². The zero-order chi connectivity index (χ0) is 10.6. The fraction of sp³-hybridized carbons (Fsp3) is 0.111. The summed E-state index contributed by atoms with van der Waals surface area (Å²) in [5.41, 5.74) is 0.619. The fourth-order valence-electron chi connectivity index (χ4n) is 0.964. The number of hydrogen-bond donors (Lipinski definition) is 0. The number of rotatable bonds is 3. The van der Waals surface area contributed by atoms with Crippen LogP contribution in [0.15, 0.2) is 24.4 Å². The monoisotopic (exact) mass is 213 g/mol. The van der Waals surface area contributed by atoms with Gasteiger partial charge in [-0.25, -0.2) is 0 Å². The Kier molecular flexibility index (Phi) is 3.48. The summed E-state index contributed by atoms with van der Waals surface area (Å²) in [5, 5.41) is 10.6. The van der Waals surface area contributed by atoms with Crippen LogP contribution in [0.3, 0.4) is 0 Å². The predicted molar refractivity (Wildman–Crippen MR) is 54.0 cm³/mol. The Bertz CT molecular complexity index is 376. The van der Waals surface area contributed by atoms with E-state index in [0.717, 1.165) is 6.20 Å². The molecule has 1 rings (SSSR count). The maximum Gasteiger partial charge on any atom is 0.235 e. The van der Waals surface area contributed by atoms with Crippen LogP contribution >= 0.6 is 11.6 Å². The van der Waals surface area contributed by atoms with E-state index in [1.54, 1.807) is 18.2 Å². The molecule has 0 aliphatic rings. The molecule has 4 nitrogen and oxygen atoms in total. The summed E-state index contributed by atoms with van der Waals surface area (Å²) in [5.74, 6) is 0.510. The number of ether oxygens (including phenoxy) is 1. The van der Waals surface area contributed by atoms with Gasteiger partial charge in [0.2, 0.25) is 6.20 Å². The lowest BCUT2D eigenvalue weighted by Gasteiger charge is -2.03. The molecule has 0 fully saturated rings. The van der Waals surface area contributed by atoms with Crippen LogP contribution in [-0.4, -0.2) is 12.0 Å². The quantitative estimate of drug-likeness (QED) is 0.573. The van der Waals surface area contributed by atoms with Gasteiger partial charge in [0.05, 0.1) is 12.0 Å². The third-order valence-electron chi connectivity index (χ3n) is 1.57. The third-order valence-corrected chi connectivity index (χ3v) is 1.81. The molecule has 0 radical (unpaired) electrons. The molecule has 0 saturated heterocycles. The van der Waals surface area contributed by atoms with E-state index in [2.05, 4.69) is 0 Å². The molecule has 0 aliphatic carbocycles. The lowest BCUT2D eigenvalue weighted by molar-refractivity contribution is -0.400. The number of nitro groups is 1. The van der Waals surface area contributed by atoms with Gasteiger partial charge in [-0.2, -0.15) is 0 Å². The molecule has 0 amide bonds. The van der Waals surface area contributed by atoms with Crippen LogP contribution in [0.25, 0.3) is 6.08 Å². The zero-order valence-electron chi connectivity index (χ0n) is 7.44. The van der Waals surface area contributed by atoms with Crippen molar-refractivity contribution in [1.29, 1.82) is 0 Å². The van der Waals surface area contributed by atoms with Crippen molar-refractivity contribution in [3.8, 4) is 5.75 Å². The highest BCUT2D eigenvalue weighted by Gasteiger charge is 2.01. The van der Waals surface area contributed by atoms with E-state index in [1.165, 1.54) is 13.2 Å². The van der Waals surface area contributed by atoms with E-state index < -0.39 is 4.92 Å². The van der Waals surface area contributed by atoms with Crippen LogP contribution in [0.1, 0.15) is 5.56 Å². The first-order chi connectivity index (χ1) is 6.63. The van der Waals surface area contributed by atoms with Crippen molar-refractivity contribution in [2.75, 3.05) is 7.11 Å². The molecule has 0 aromatic heterocycles. The molecule has 1 aromatic rings. The van der Waals surface area contributed by atoms with Crippen LogP contribution in [0.5, 0.6) is 5.75 Å². The second kappa shape index (κ2) is 4.62. The van der Waals surface area contributed by atoms with E-state index in [0.29, 0.717) is 16.3 Å². The summed E-state index contributed by atoms with van der Waals surface area (Å²) in [4.78, 5) is 9.56. The van der Waals surface area contributed by atoms with Crippen molar-refractivity contribution in [2.24, 2.45) is 0 Å². The van der Waals surface area contributed by atoms with Crippen molar-refractivity contribution >= 4 is 17.7 Å². The normalized spacial score (nSPS) is 10.4. The molecule has 0 bridgehead atoms. The molecular formula is C9H8ClNO3. The minimum Gasteiger partial charge on any atom is -0.496 e. The van der Waals surface area contributed by atoms with E-state index in [-0.39, 0.29) is 0 Å². The topological polar surface area (TPSA) is 52.4 Å². The lowest BCUT2D eigenvalue weighted by Crippen LogP contribution is -1.88. The Morgan fingerprint density at radius 3 is 2.86 bits per heavy atom. The summed E-state index contributed by atoms with van der Waals surface area (Å²) < 4.78 is 5.00. The van der Waals surface area contributed by atoms with Crippen LogP contribution in [-0.2, 0) is 0 Å². The van der Waals surface area contributed by atoms with E-state index >= 15 is 0 Å². The summed E-state index contributed by atoms with van der Waals surface area (Å²) in [7, 11) is 1.48. The molecule has 0 atom stereocenters. The van der Waals surface area contributed by atoms with Gasteiger partial charge in [-0.3, -0.25) is 10.1 Å². The SMILES string of the molecule is COc1cc(Cl)ccc1/C=C/[N+](=O)[O-]. The summed E-state index contributed by atoms with van der Waals surface area (Å²) in [6.07, 6.45) is 2.21. The minimum atomic E-state index is -0.534. The fourth-order valence-corrected chi connectivity index (χ4v) is 1.13. The highest BCUT2D eigenvalue weighted by molar-refractivity contribution is 6.30. The summed E-state index contributed by atoms with van der Waals surface area (Å²) >= 11 is 5.72. The van der Waals surface area contributed by atoms with Gasteiger partial charge in [-0.05, 0) is 18.2 Å². The molecule has 5 heteroatoms. The molecule has 0 unspecified atom stereocenters. The molecule has 0 N–H and O–H groups in total. The minimum absolute atomic E-state index is 0.510. The first kappa shape index (κ1) is 10.5. The Morgan fingerprint density at radius 1 is 1.57 bits per heavy atom. The number of hydrogen-bond acceptors (Lipinski definition) is 3. The number of nitrogens with zero attached hydrogens (tertiary/aromatic N) is 1. The molecule has 14 heavy (non-hydrogen) atoms. The Hall–Kier alpha value is -1.55. The Balaban J connectivity index is 3.02. The second-order valence-electron chi connectivity index (χ2n) is 2.49. The maximum absolute atomic E-state index is 10.1. The molecular weight excluding hydrogens is 206 g/mol. The lowest BCUT2D eigenvalue weighted by atomic mass is 10.2. The van der Waals surface area contributed by atoms with Crippen molar-refractivity contribution in [2.45, 2.75) is 0 Å². The van der Waals surface area contributed by atoms with Crippen molar-refractivity contribution in [1.82, 2.24) is 0 Å². The first-order valence-corrected chi connectivity index (χ1v) is 4.16. The number of methoxy groups -OCH3 is 1. The molecule has 0 saturated carbocycles. The van der Waals surface area contributed by atoms with Gasteiger partial charge in [-0.15, -0.1) is 0 Å². The molecule has 0 aliphatic heterocycles. The Labute approximate surface area is 85.9 Å². The molecule has 74 valence electrons. The highest BCUT2D eigenvalue weighted by Crippen LogP contribution is 2.23. The van der Waals surface area contributed by atoms with Gasteiger partial charge in [0.15, 0.2) is 0 Å². The van der Waals surface area contributed by atoms with E-state index in [4.69, 9.17) is 16.3 Å². The average Bonchev–Trinajstić information content (AvgIpc) is 2.15. The molecule has 1 aromatic carbocycles. The van der Waals surface area contributed by atoms with Crippen LogP contribution in [0.2, 0.25) is 5.02 Å². The van der Waals surface area contributed by atoms with E-state index in [9.17, 15) is 10.1 Å². The largest absolute Gasteiger partial charge is 0.496 e. The first-order valence-electron chi connectivity index (χ1n) is 3.78. The number of halogens is 1. The van der Waals surface area contributed by atoms with Crippen molar-refractivity contribution < 1.29 is 9.66 Å². The Morgan fingerprint density at radius 2 is 2.29 bits per heavy atom. The average molecular weight is 214 g/mol. The molecule has 0 spiro atoms. The van der Waals surface area contributed by atoms with Crippen LogP contribution < -0.4 is 4.74 Å². The maximum atomic E-state index is 10.1. The van der Waals surface area contributed by atoms with Gasteiger partial charge >= 0.3 is 0 Å². The summed E-state index contributed by atoms with van der Waals surface area (Å²) in [6.45, 7) is 0. The van der Waals surface area contributed by atoms with Gasteiger partial charge in [-0.1, -0.05) is 11.6 Å². The van der Waals surface area contributed by atoms with Crippen LogP contribution in [0, 0.1) is 10.1 Å². The van der Waals surface area contributed by atoms with Gasteiger partial charge < -0.3 is 4.74 Å². The van der Waals surface area contributed by atoms with Crippen molar-refractivity contribution in [3.05, 3.63) is 45.1 Å². The van der Waals surface area contributed by atoms with Crippen molar-refractivity contribution in [3.63, 3.8) is 0 Å². The van der Waals surface area contributed by atoms with Gasteiger partial charge in [0, 0.05) is 16.7 Å². The predicted octanol–water partition coefficient (Wildman–Crippen LogP) is 2.60. The highest BCUT2D eigenvalue weighted by atomic mass is 35.5. The molecule has 0 heterocycles. The standard InChI is InChI=1S/C9H8ClNO3/c1-14-9-6-8(10)3-2-7(9)4-5-11(12)13/h2-6H,1H3/b5-4+. The second-order valence-corrected chi connectivity index (χ2v) is 2.92. The smallest absolute Gasteiger partial charge is 0.235 e. The number of benzene rings is 1. The van der Waals surface area contributed by atoms with E-state index in [1.807, 2.05) is 0 Å². The van der Waals surface area contributed by atoms with Crippen LogP contribution in [0.4, 0.5) is 0 Å². The summed E-state index contributed by atoms with van der Waals surface area (Å²) in [6, 6.07) is 4.89.